The Kier molecular flexibility index (Phi) is 8.10. The van der Waals surface area contributed by atoms with Crippen molar-refractivity contribution in [1.29, 1.82) is 0 Å². The van der Waals surface area contributed by atoms with Crippen LogP contribution in [0.15, 0.2) is 54.6 Å². The quantitative estimate of drug-likeness (QED) is 0.511. The summed E-state index contributed by atoms with van der Waals surface area (Å²) < 4.78 is 5.86. The molecule has 2 aromatic carbocycles. The summed E-state index contributed by atoms with van der Waals surface area (Å²) in [5.74, 6) is 0.918. The lowest BCUT2D eigenvalue weighted by molar-refractivity contribution is 0.306. The minimum absolute atomic E-state index is 0.613. The fourth-order valence-corrected chi connectivity index (χ4v) is 2.57. The van der Waals surface area contributed by atoms with Gasteiger partial charge in [0.2, 0.25) is 0 Å². The largest absolute Gasteiger partial charge is 0.489 e. The zero-order valence-electron chi connectivity index (χ0n) is 14.3. The summed E-state index contributed by atoms with van der Waals surface area (Å²) in [7, 11) is 0. The van der Waals surface area contributed by atoms with Gasteiger partial charge in [-0.3, -0.25) is 0 Å². The third-order valence-corrected chi connectivity index (χ3v) is 3.94. The molecule has 0 aliphatic rings. The zero-order valence-corrected chi connectivity index (χ0v) is 14.3. The number of nitrogens with one attached hydrogen (secondary N) is 1. The van der Waals surface area contributed by atoms with Gasteiger partial charge in [0, 0.05) is 18.3 Å². The van der Waals surface area contributed by atoms with Crippen LogP contribution in [0, 0.1) is 0 Å². The molecule has 0 unspecified atom stereocenters. The van der Waals surface area contributed by atoms with E-state index in [1.54, 1.807) is 0 Å². The highest BCUT2D eigenvalue weighted by molar-refractivity contribution is 5.48. The lowest BCUT2D eigenvalue weighted by atomic mass is 10.1. The average molecular weight is 311 g/mol. The molecular weight excluding hydrogens is 282 g/mol. The Bertz CT molecular complexity index is 539. The highest BCUT2D eigenvalue weighted by Crippen LogP contribution is 2.19. The lowest BCUT2D eigenvalue weighted by Crippen LogP contribution is -2.02. The second-order valence-corrected chi connectivity index (χ2v) is 6.00. The highest BCUT2D eigenvalue weighted by atomic mass is 16.5. The third-order valence-electron chi connectivity index (χ3n) is 3.94. The number of hydrogen-bond donors (Lipinski definition) is 1. The van der Waals surface area contributed by atoms with Crippen molar-refractivity contribution in [1.82, 2.24) is 0 Å². The van der Waals surface area contributed by atoms with Gasteiger partial charge in [-0.1, -0.05) is 75.4 Å². The van der Waals surface area contributed by atoms with Gasteiger partial charge in [0.05, 0.1) is 0 Å². The molecule has 1 N–H and O–H groups in total. The Morgan fingerprint density at radius 1 is 0.826 bits per heavy atom. The number of benzene rings is 2. The van der Waals surface area contributed by atoms with Crippen molar-refractivity contribution in [2.45, 2.75) is 52.1 Å². The molecule has 2 nitrogen and oxygen atoms in total. The van der Waals surface area contributed by atoms with Crippen molar-refractivity contribution in [2.75, 3.05) is 11.9 Å². The van der Waals surface area contributed by atoms with Crippen molar-refractivity contribution in [3.8, 4) is 5.75 Å². The van der Waals surface area contributed by atoms with Crippen LogP contribution in [0.1, 0.15) is 51.0 Å². The molecule has 0 aromatic heterocycles. The van der Waals surface area contributed by atoms with Crippen LogP contribution in [-0.2, 0) is 6.61 Å². The van der Waals surface area contributed by atoms with Crippen molar-refractivity contribution >= 4 is 5.69 Å². The maximum Gasteiger partial charge on any atom is 0.121 e. The number of hydrogen-bond acceptors (Lipinski definition) is 2. The van der Waals surface area contributed by atoms with Crippen molar-refractivity contribution in [3.63, 3.8) is 0 Å². The first-order valence-electron chi connectivity index (χ1n) is 8.89. The number of anilines is 1. The predicted octanol–water partition coefficient (Wildman–Crippen LogP) is 6.04. The zero-order chi connectivity index (χ0) is 16.2. The number of rotatable bonds is 11. The smallest absolute Gasteiger partial charge is 0.121 e. The first-order chi connectivity index (χ1) is 11.4. The van der Waals surface area contributed by atoms with E-state index in [1.807, 2.05) is 30.3 Å². The molecule has 2 rings (SSSR count). The van der Waals surface area contributed by atoms with Crippen molar-refractivity contribution in [2.24, 2.45) is 0 Å². The molecule has 0 fully saturated rings. The highest BCUT2D eigenvalue weighted by Gasteiger charge is 1.98. The average Bonchev–Trinajstić information content (AvgIpc) is 2.60. The number of unbranched alkanes of at least 4 members (excludes halogenated alkanes) is 5. The third kappa shape index (κ3) is 7.23. The van der Waals surface area contributed by atoms with E-state index < -0.39 is 0 Å². The molecule has 0 radical (unpaired) electrons. The summed E-state index contributed by atoms with van der Waals surface area (Å²) in [6.07, 6.45) is 7.97. The van der Waals surface area contributed by atoms with Crippen LogP contribution in [0.5, 0.6) is 5.75 Å². The molecule has 0 atom stereocenters. The van der Waals surface area contributed by atoms with Gasteiger partial charge in [0.1, 0.15) is 12.4 Å². The van der Waals surface area contributed by atoms with Gasteiger partial charge in [0.15, 0.2) is 0 Å². The Morgan fingerprint density at radius 2 is 1.61 bits per heavy atom. The summed E-state index contributed by atoms with van der Waals surface area (Å²) in [6.45, 7) is 3.91. The topological polar surface area (TPSA) is 21.3 Å². The van der Waals surface area contributed by atoms with E-state index >= 15 is 0 Å². The maximum atomic E-state index is 5.86. The van der Waals surface area contributed by atoms with E-state index in [-0.39, 0.29) is 0 Å². The normalized spacial score (nSPS) is 10.5. The summed E-state index contributed by atoms with van der Waals surface area (Å²) in [6, 6.07) is 18.5. The predicted molar refractivity (Wildman–Crippen MR) is 99.1 cm³/mol. The minimum Gasteiger partial charge on any atom is -0.489 e. The van der Waals surface area contributed by atoms with Crippen LogP contribution < -0.4 is 10.1 Å². The van der Waals surface area contributed by atoms with Gasteiger partial charge in [-0.25, -0.2) is 0 Å². The maximum absolute atomic E-state index is 5.86. The van der Waals surface area contributed by atoms with Crippen LogP contribution in [0.2, 0.25) is 0 Å². The minimum atomic E-state index is 0.613. The molecular formula is C21H29NO. The molecule has 0 aliphatic heterocycles. The molecule has 0 spiro atoms. The molecule has 2 aromatic rings. The van der Waals surface area contributed by atoms with Gasteiger partial charge < -0.3 is 10.1 Å². The second-order valence-electron chi connectivity index (χ2n) is 6.00. The van der Waals surface area contributed by atoms with Crippen molar-refractivity contribution in [3.05, 3.63) is 60.2 Å². The van der Waals surface area contributed by atoms with Crippen LogP contribution in [0.4, 0.5) is 5.69 Å². The van der Waals surface area contributed by atoms with Crippen LogP contribution in [0.25, 0.3) is 0 Å². The number of ether oxygens (including phenoxy) is 1. The van der Waals surface area contributed by atoms with Crippen LogP contribution in [-0.4, -0.2) is 6.54 Å². The van der Waals surface area contributed by atoms with Crippen LogP contribution in [0.3, 0.4) is 0 Å². The van der Waals surface area contributed by atoms with Gasteiger partial charge in [0.25, 0.3) is 0 Å². The fourth-order valence-electron chi connectivity index (χ4n) is 2.57. The molecule has 2 heteroatoms. The Balaban J connectivity index is 1.68. The molecule has 0 heterocycles. The molecule has 124 valence electrons. The summed E-state index contributed by atoms with van der Waals surface area (Å²) in [5.41, 5.74) is 2.34. The molecule has 0 saturated heterocycles. The Morgan fingerprint density at radius 3 is 2.43 bits per heavy atom. The standard InChI is InChI=1S/C21H29NO/c1-2-3-4-5-6-10-16-22-20-14-11-15-21(17-20)23-18-19-12-8-7-9-13-19/h7-9,11-15,17,22H,2-6,10,16,18H2,1H3. The molecule has 23 heavy (non-hydrogen) atoms. The van der Waals surface area contributed by atoms with E-state index in [0.29, 0.717) is 6.61 Å². The summed E-state index contributed by atoms with van der Waals surface area (Å²) >= 11 is 0. The van der Waals surface area contributed by atoms with E-state index in [9.17, 15) is 0 Å². The van der Waals surface area contributed by atoms with E-state index in [2.05, 4.69) is 36.5 Å². The van der Waals surface area contributed by atoms with E-state index in [4.69, 9.17) is 4.74 Å². The lowest BCUT2D eigenvalue weighted by Gasteiger charge is -2.10. The van der Waals surface area contributed by atoms with Gasteiger partial charge in [-0.2, -0.15) is 0 Å². The molecule has 0 amide bonds. The summed E-state index contributed by atoms with van der Waals surface area (Å²) in [4.78, 5) is 0. The first kappa shape index (κ1) is 17.4. The monoisotopic (exact) mass is 311 g/mol. The molecule has 0 saturated carbocycles. The Hall–Kier alpha value is -1.96. The second kappa shape index (κ2) is 10.7. The van der Waals surface area contributed by atoms with E-state index in [0.717, 1.165) is 18.0 Å². The fraction of sp³-hybridized carbons (Fsp3) is 0.429. The summed E-state index contributed by atoms with van der Waals surface area (Å²) in [5, 5.41) is 3.49. The van der Waals surface area contributed by atoms with Gasteiger partial charge in [-0.05, 0) is 24.1 Å². The SMILES string of the molecule is CCCCCCCCNc1cccc(OCc2ccccc2)c1. The first-order valence-corrected chi connectivity index (χ1v) is 8.89. The molecule has 0 bridgehead atoms. The van der Waals surface area contributed by atoms with Crippen LogP contribution >= 0.6 is 0 Å². The van der Waals surface area contributed by atoms with Gasteiger partial charge in [-0.15, -0.1) is 0 Å². The Labute approximate surface area is 140 Å². The van der Waals surface area contributed by atoms with Gasteiger partial charge >= 0.3 is 0 Å². The van der Waals surface area contributed by atoms with E-state index in [1.165, 1.54) is 44.1 Å². The molecule has 0 aliphatic carbocycles. The van der Waals surface area contributed by atoms with Crippen molar-refractivity contribution < 1.29 is 4.74 Å².